The fraction of sp³-hybridized carbons (Fsp3) is 0.171. The molecule has 1 aromatic heterocycles. The Kier molecular flexibility index (Phi) is 5.78. The summed E-state index contributed by atoms with van der Waals surface area (Å²) < 4.78 is 2.49. The smallest absolute Gasteiger partial charge is 0.0582 e. The average Bonchev–Trinajstić information content (AvgIpc) is 3.36. The molecule has 0 fully saturated rings. The van der Waals surface area contributed by atoms with E-state index in [1.807, 2.05) is 0 Å². The van der Waals surface area contributed by atoms with Crippen LogP contribution >= 0.6 is 0 Å². The number of hydrogen-bond acceptors (Lipinski definition) is 1. The molecule has 1 aliphatic carbocycles. The lowest BCUT2D eigenvalue weighted by atomic mass is 9.75. The third kappa shape index (κ3) is 3.86. The number of fused-ring (bicyclic) bond motifs is 5. The van der Waals surface area contributed by atoms with Crippen LogP contribution in [0.3, 0.4) is 0 Å². The molecule has 2 heterocycles. The molecule has 6 aromatic rings. The van der Waals surface area contributed by atoms with E-state index in [-0.39, 0.29) is 5.41 Å². The number of aryl methyl sites for hydroxylation is 1. The Hall–Kier alpha value is -4.82. The Morgan fingerprint density at radius 2 is 1.51 bits per heavy atom. The van der Waals surface area contributed by atoms with E-state index in [0.717, 1.165) is 6.42 Å². The molecule has 0 N–H and O–H groups in total. The van der Waals surface area contributed by atoms with Crippen molar-refractivity contribution in [2.24, 2.45) is 5.92 Å². The summed E-state index contributed by atoms with van der Waals surface area (Å²) in [7, 11) is 0. The van der Waals surface area contributed by atoms with E-state index in [4.69, 9.17) is 0 Å². The average molecular weight is 557 g/mol. The number of nitrogens with zero attached hydrogens (tertiary/aromatic N) is 2. The number of para-hydroxylation sites is 3. The van der Waals surface area contributed by atoms with Gasteiger partial charge in [0, 0.05) is 33.2 Å². The van der Waals surface area contributed by atoms with Crippen LogP contribution in [0.15, 0.2) is 127 Å². The van der Waals surface area contributed by atoms with Gasteiger partial charge in [-0.3, -0.25) is 0 Å². The maximum absolute atomic E-state index is 2.49. The lowest BCUT2D eigenvalue weighted by Gasteiger charge is -2.34. The quantitative estimate of drug-likeness (QED) is 0.210. The molecule has 8 rings (SSSR count). The van der Waals surface area contributed by atoms with Gasteiger partial charge in [-0.05, 0) is 89.6 Å². The molecule has 0 amide bonds. The second kappa shape index (κ2) is 9.61. The molecule has 0 bridgehead atoms. The van der Waals surface area contributed by atoms with Gasteiger partial charge in [0.25, 0.3) is 0 Å². The minimum Gasteiger partial charge on any atom is -0.310 e. The summed E-state index contributed by atoms with van der Waals surface area (Å²) >= 11 is 0. The molecule has 2 aliphatic rings. The third-order valence-electron chi connectivity index (χ3n) is 9.75. The van der Waals surface area contributed by atoms with Crippen LogP contribution in [0.1, 0.15) is 49.4 Å². The predicted molar refractivity (Wildman–Crippen MR) is 183 cm³/mol. The van der Waals surface area contributed by atoms with E-state index in [9.17, 15) is 0 Å². The Balaban J connectivity index is 1.38. The minimum absolute atomic E-state index is 0.0724. The largest absolute Gasteiger partial charge is 0.310 e. The van der Waals surface area contributed by atoms with Crippen molar-refractivity contribution in [3.63, 3.8) is 0 Å². The van der Waals surface area contributed by atoms with Crippen LogP contribution in [0.25, 0.3) is 33.1 Å². The molecule has 2 nitrogen and oxygen atoms in total. The molecule has 5 aromatic carbocycles. The maximum Gasteiger partial charge on any atom is 0.0582 e. The SMILES string of the molecule is Cc1ccccc1N(c1cccc(C2=CC=CCC2C)c1)c1ccc2c(c1)c1cccc3c1n2-c1ccccc1C3(C)C. The van der Waals surface area contributed by atoms with Gasteiger partial charge in [0.15, 0.2) is 0 Å². The van der Waals surface area contributed by atoms with Crippen LogP contribution in [-0.4, -0.2) is 4.57 Å². The molecule has 43 heavy (non-hydrogen) atoms. The molecule has 0 saturated carbocycles. The van der Waals surface area contributed by atoms with Gasteiger partial charge >= 0.3 is 0 Å². The number of aromatic nitrogens is 1. The Morgan fingerprint density at radius 1 is 0.744 bits per heavy atom. The van der Waals surface area contributed by atoms with Gasteiger partial charge in [-0.1, -0.05) is 106 Å². The molecule has 210 valence electrons. The third-order valence-corrected chi connectivity index (χ3v) is 9.75. The first-order chi connectivity index (χ1) is 20.9. The fourth-order valence-corrected chi connectivity index (χ4v) is 7.49. The zero-order valence-electron chi connectivity index (χ0n) is 25.3. The number of anilines is 3. The van der Waals surface area contributed by atoms with Crippen molar-refractivity contribution >= 4 is 44.4 Å². The van der Waals surface area contributed by atoms with Gasteiger partial charge in [0.2, 0.25) is 0 Å². The Bertz CT molecular complexity index is 2120. The van der Waals surface area contributed by atoms with Gasteiger partial charge in [-0.15, -0.1) is 0 Å². The molecule has 1 aliphatic heterocycles. The van der Waals surface area contributed by atoms with E-state index < -0.39 is 0 Å². The summed E-state index contributed by atoms with van der Waals surface area (Å²) in [6.07, 6.45) is 7.83. The number of rotatable bonds is 4. The van der Waals surface area contributed by atoms with Crippen molar-refractivity contribution in [3.05, 3.63) is 150 Å². The summed E-state index contributed by atoms with van der Waals surface area (Å²) in [5.41, 5.74) is 14.0. The topological polar surface area (TPSA) is 8.17 Å². The van der Waals surface area contributed by atoms with Crippen molar-refractivity contribution in [2.75, 3.05) is 4.90 Å². The lowest BCUT2D eigenvalue weighted by Crippen LogP contribution is -2.26. The molecule has 1 atom stereocenters. The summed E-state index contributed by atoms with van der Waals surface area (Å²) in [5.74, 6) is 0.505. The van der Waals surface area contributed by atoms with Gasteiger partial charge in [0.1, 0.15) is 0 Å². The maximum atomic E-state index is 2.49. The molecule has 2 heteroatoms. The highest BCUT2D eigenvalue weighted by atomic mass is 15.1. The first-order valence-corrected chi connectivity index (χ1v) is 15.4. The van der Waals surface area contributed by atoms with Gasteiger partial charge in [-0.2, -0.15) is 0 Å². The molecule has 0 spiro atoms. The van der Waals surface area contributed by atoms with Crippen molar-refractivity contribution in [3.8, 4) is 5.69 Å². The minimum atomic E-state index is -0.0724. The van der Waals surface area contributed by atoms with Crippen molar-refractivity contribution in [1.82, 2.24) is 4.57 Å². The Labute approximate surface area is 254 Å². The van der Waals surface area contributed by atoms with E-state index in [1.165, 1.54) is 72.4 Å². The normalized spacial score (nSPS) is 16.7. The monoisotopic (exact) mass is 556 g/mol. The zero-order valence-corrected chi connectivity index (χ0v) is 25.3. The Morgan fingerprint density at radius 3 is 2.37 bits per heavy atom. The van der Waals surface area contributed by atoms with E-state index in [0.29, 0.717) is 5.92 Å². The van der Waals surface area contributed by atoms with Crippen LogP contribution in [-0.2, 0) is 5.41 Å². The van der Waals surface area contributed by atoms with E-state index in [1.54, 1.807) is 0 Å². The first-order valence-electron chi connectivity index (χ1n) is 15.4. The molecular formula is C41H36N2. The highest BCUT2D eigenvalue weighted by Gasteiger charge is 2.34. The van der Waals surface area contributed by atoms with Crippen molar-refractivity contribution < 1.29 is 0 Å². The van der Waals surface area contributed by atoms with Crippen molar-refractivity contribution in [2.45, 2.75) is 39.5 Å². The van der Waals surface area contributed by atoms with Crippen LogP contribution in [0.2, 0.25) is 0 Å². The lowest BCUT2D eigenvalue weighted by molar-refractivity contribution is 0.630. The zero-order chi connectivity index (χ0) is 29.3. The number of hydrogen-bond donors (Lipinski definition) is 0. The molecule has 1 unspecified atom stereocenters. The predicted octanol–water partition coefficient (Wildman–Crippen LogP) is 11.2. The summed E-state index contributed by atoms with van der Waals surface area (Å²) in [4.78, 5) is 2.44. The standard InChI is InChI=1S/C41H36N2/c1-27-13-5-7-17-32(27)29-15-11-16-30(25-29)42(37-21-9-6-14-28(37)2)31-23-24-38-34(26-31)33-18-12-20-36-40(33)43(38)39-22-10-8-19-35(39)41(36,3)4/h5-12,14-27H,13H2,1-4H3. The second-order valence-electron chi connectivity index (χ2n) is 12.7. The number of allylic oxidation sites excluding steroid dienone is 4. The van der Waals surface area contributed by atoms with Gasteiger partial charge < -0.3 is 9.47 Å². The van der Waals surface area contributed by atoms with Crippen LogP contribution in [0.5, 0.6) is 0 Å². The first kappa shape index (κ1) is 25.9. The van der Waals surface area contributed by atoms with Crippen LogP contribution in [0.4, 0.5) is 17.1 Å². The number of benzene rings is 5. The van der Waals surface area contributed by atoms with Crippen molar-refractivity contribution in [1.29, 1.82) is 0 Å². The van der Waals surface area contributed by atoms with E-state index in [2.05, 4.69) is 165 Å². The summed E-state index contributed by atoms with van der Waals surface area (Å²) in [6, 6.07) is 40.6. The highest BCUT2D eigenvalue weighted by molar-refractivity contribution is 6.12. The molecular weight excluding hydrogens is 520 g/mol. The molecule has 0 saturated heterocycles. The van der Waals surface area contributed by atoms with Gasteiger partial charge in [-0.25, -0.2) is 0 Å². The van der Waals surface area contributed by atoms with E-state index >= 15 is 0 Å². The highest BCUT2D eigenvalue weighted by Crippen LogP contribution is 2.48. The molecule has 0 radical (unpaired) electrons. The van der Waals surface area contributed by atoms with Gasteiger partial charge in [0.05, 0.1) is 16.7 Å². The van der Waals surface area contributed by atoms with Crippen LogP contribution < -0.4 is 4.90 Å². The fourth-order valence-electron chi connectivity index (χ4n) is 7.49. The summed E-state index contributed by atoms with van der Waals surface area (Å²) in [6.45, 7) is 9.25. The summed E-state index contributed by atoms with van der Waals surface area (Å²) in [5, 5.41) is 2.59. The van der Waals surface area contributed by atoms with Crippen LogP contribution in [0, 0.1) is 12.8 Å². The second-order valence-corrected chi connectivity index (χ2v) is 12.7.